The monoisotopic (exact) mass is 163 g/mol. The van der Waals surface area contributed by atoms with Crippen molar-refractivity contribution >= 4 is 0 Å². The van der Waals surface area contributed by atoms with Gasteiger partial charge in [0.2, 0.25) is 0 Å². The molecule has 0 bridgehead atoms. The molecule has 0 aromatic carbocycles. The maximum atomic E-state index is 3.15. The molecule has 1 N–H and O–H groups in total. The molecular formula is C11H17N. The third-order valence-corrected chi connectivity index (χ3v) is 2.22. The molecule has 1 nitrogen and oxygen atoms in total. The van der Waals surface area contributed by atoms with Crippen molar-refractivity contribution in [1.82, 2.24) is 5.32 Å². The molecule has 1 unspecified atom stereocenters. The van der Waals surface area contributed by atoms with Crippen molar-refractivity contribution in [2.75, 3.05) is 13.6 Å². The lowest BCUT2D eigenvalue weighted by Crippen LogP contribution is -2.09. The highest BCUT2D eigenvalue weighted by molar-refractivity contribution is 5.33. The third kappa shape index (κ3) is 2.35. The lowest BCUT2D eigenvalue weighted by Gasteiger charge is -2.05. The van der Waals surface area contributed by atoms with Gasteiger partial charge in [0.05, 0.1) is 0 Å². The summed E-state index contributed by atoms with van der Waals surface area (Å²) in [5, 5.41) is 3.15. The number of rotatable bonds is 2. The van der Waals surface area contributed by atoms with Crippen molar-refractivity contribution in [1.29, 1.82) is 0 Å². The van der Waals surface area contributed by atoms with Crippen molar-refractivity contribution in [2.45, 2.75) is 13.8 Å². The zero-order valence-electron chi connectivity index (χ0n) is 8.09. The molecule has 0 saturated heterocycles. The second kappa shape index (κ2) is 4.27. The highest BCUT2D eigenvalue weighted by Gasteiger charge is 2.02. The van der Waals surface area contributed by atoms with Crippen LogP contribution in [0, 0.1) is 5.92 Å². The standard InChI is InChI=1S/C11H17N/c1-9-5-4-6-11(8-12-3)7-10(9)2/h4-7,9,12H,8H2,1-3H3. The number of hydrogen-bond acceptors (Lipinski definition) is 1. The van der Waals surface area contributed by atoms with Gasteiger partial charge in [-0.3, -0.25) is 0 Å². The average molecular weight is 163 g/mol. The van der Waals surface area contributed by atoms with Crippen molar-refractivity contribution in [2.24, 2.45) is 5.92 Å². The minimum atomic E-state index is 0.579. The van der Waals surface area contributed by atoms with Gasteiger partial charge in [-0.05, 0) is 25.5 Å². The molecule has 1 rings (SSSR count). The first-order valence-corrected chi connectivity index (χ1v) is 4.44. The number of nitrogens with one attached hydrogen (secondary N) is 1. The van der Waals surface area contributed by atoms with E-state index in [1.807, 2.05) is 7.05 Å². The molecule has 0 aromatic heterocycles. The highest BCUT2D eigenvalue weighted by Crippen LogP contribution is 2.16. The van der Waals surface area contributed by atoms with Crippen molar-refractivity contribution in [3.05, 3.63) is 35.5 Å². The van der Waals surface area contributed by atoms with E-state index in [-0.39, 0.29) is 0 Å². The van der Waals surface area contributed by atoms with Gasteiger partial charge in [0.1, 0.15) is 0 Å². The summed E-state index contributed by atoms with van der Waals surface area (Å²) in [5.41, 5.74) is 2.79. The van der Waals surface area contributed by atoms with E-state index in [0.717, 1.165) is 6.54 Å². The van der Waals surface area contributed by atoms with Gasteiger partial charge in [0.25, 0.3) is 0 Å². The quantitative estimate of drug-likeness (QED) is 0.658. The van der Waals surface area contributed by atoms with Crippen LogP contribution in [0.15, 0.2) is 35.5 Å². The van der Waals surface area contributed by atoms with Gasteiger partial charge in [0, 0.05) is 6.54 Å². The van der Waals surface area contributed by atoms with Crippen LogP contribution < -0.4 is 5.32 Å². The minimum absolute atomic E-state index is 0.579. The van der Waals surface area contributed by atoms with E-state index < -0.39 is 0 Å². The summed E-state index contributed by atoms with van der Waals surface area (Å²) in [7, 11) is 1.97. The first kappa shape index (κ1) is 9.27. The second-order valence-corrected chi connectivity index (χ2v) is 3.33. The lowest BCUT2D eigenvalue weighted by molar-refractivity contribution is 0.855. The van der Waals surface area contributed by atoms with Gasteiger partial charge in [-0.1, -0.05) is 36.8 Å². The average Bonchev–Trinajstić information content (AvgIpc) is 2.16. The summed E-state index contributed by atoms with van der Waals surface area (Å²) in [5.74, 6) is 0.579. The Hall–Kier alpha value is -0.820. The fourth-order valence-electron chi connectivity index (χ4n) is 1.28. The molecule has 0 aliphatic heterocycles. The molecule has 1 aliphatic rings. The minimum Gasteiger partial charge on any atom is -0.316 e. The third-order valence-electron chi connectivity index (χ3n) is 2.22. The van der Waals surface area contributed by atoms with Crippen LogP contribution in [-0.4, -0.2) is 13.6 Å². The highest BCUT2D eigenvalue weighted by atomic mass is 14.8. The number of allylic oxidation sites excluding steroid dienone is 4. The van der Waals surface area contributed by atoms with E-state index in [2.05, 4.69) is 43.5 Å². The predicted molar refractivity (Wildman–Crippen MR) is 54.1 cm³/mol. The van der Waals surface area contributed by atoms with Crippen molar-refractivity contribution in [3.8, 4) is 0 Å². The Bertz CT molecular complexity index is 233. The Balaban J connectivity index is 2.77. The van der Waals surface area contributed by atoms with Gasteiger partial charge < -0.3 is 5.32 Å². The predicted octanol–water partition coefficient (Wildman–Crippen LogP) is 2.28. The molecule has 1 atom stereocenters. The van der Waals surface area contributed by atoms with E-state index in [4.69, 9.17) is 0 Å². The maximum Gasteiger partial charge on any atom is 0.0202 e. The zero-order chi connectivity index (χ0) is 8.97. The van der Waals surface area contributed by atoms with Crippen molar-refractivity contribution < 1.29 is 0 Å². The zero-order valence-corrected chi connectivity index (χ0v) is 8.09. The van der Waals surface area contributed by atoms with Gasteiger partial charge >= 0.3 is 0 Å². The molecular weight excluding hydrogens is 146 g/mol. The molecule has 0 saturated carbocycles. The van der Waals surface area contributed by atoms with Gasteiger partial charge in [-0.15, -0.1) is 0 Å². The summed E-state index contributed by atoms with van der Waals surface area (Å²) in [6, 6.07) is 0. The summed E-state index contributed by atoms with van der Waals surface area (Å²) < 4.78 is 0. The fourth-order valence-corrected chi connectivity index (χ4v) is 1.28. The van der Waals surface area contributed by atoms with Crippen LogP contribution in [0.1, 0.15) is 13.8 Å². The van der Waals surface area contributed by atoms with E-state index in [1.165, 1.54) is 11.1 Å². The molecule has 0 fully saturated rings. The van der Waals surface area contributed by atoms with Gasteiger partial charge in [0.15, 0.2) is 0 Å². The molecule has 1 aliphatic carbocycles. The first-order chi connectivity index (χ1) is 5.74. The van der Waals surface area contributed by atoms with E-state index >= 15 is 0 Å². The van der Waals surface area contributed by atoms with E-state index in [9.17, 15) is 0 Å². The van der Waals surface area contributed by atoms with Gasteiger partial charge in [-0.2, -0.15) is 0 Å². The van der Waals surface area contributed by atoms with Crippen LogP contribution in [0.4, 0.5) is 0 Å². The van der Waals surface area contributed by atoms with Gasteiger partial charge in [-0.25, -0.2) is 0 Å². The lowest BCUT2D eigenvalue weighted by atomic mass is 10.0. The van der Waals surface area contributed by atoms with E-state index in [0.29, 0.717) is 5.92 Å². The Labute approximate surface area is 74.9 Å². The number of hydrogen-bond donors (Lipinski definition) is 1. The van der Waals surface area contributed by atoms with Crippen molar-refractivity contribution in [3.63, 3.8) is 0 Å². The molecule has 0 spiro atoms. The van der Waals surface area contributed by atoms with Crippen LogP contribution in [0.2, 0.25) is 0 Å². The van der Waals surface area contributed by atoms with Crippen LogP contribution >= 0.6 is 0 Å². The Kier molecular flexibility index (Phi) is 3.30. The summed E-state index contributed by atoms with van der Waals surface area (Å²) in [4.78, 5) is 0. The Morgan fingerprint density at radius 2 is 2.25 bits per heavy atom. The molecule has 12 heavy (non-hydrogen) atoms. The molecule has 0 aromatic rings. The Morgan fingerprint density at radius 3 is 2.92 bits per heavy atom. The van der Waals surface area contributed by atoms with E-state index in [1.54, 1.807) is 0 Å². The number of likely N-dealkylation sites (N-methyl/N-ethyl adjacent to an activating group) is 1. The smallest absolute Gasteiger partial charge is 0.0202 e. The van der Waals surface area contributed by atoms with Crippen LogP contribution in [0.3, 0.4) is 0 Å². The largest absolute Gasteiger partial charge is 0.316 e. The van der Waals surface area contributed by atoms with Crippen LogP contribution in [-0.2, 0) is 0 Å². The Morgan fingerprint density at radius 1 is 1.50 bits per heavy atom. The molecule has 0 heterocycles. The first-order valence-electron chi connectivity index (χ1n) is 4.44. The molecule has 66 valence electrons. The molecule has 0 radical (unpaired) electrons. The summed E-state index contributed by atoms with van der Waals surface area (Å²) in [6.45, 7) is 5.36. The fraction of sp³-hybridized carbons (Fsp3) is 0.455. The normalized spacial score (nSPS) is 23.1. The molecule has 0 amide bonds. The summed E-state index contributed by atoms with van der Waals surface area (Å²) in [6.07, 6.45) is 8.81. The molecule has 1 heteroatoms. The van der Waals surface area contributed by atoms with Crippen LogP contribution in [0.25, 0.3) is 0 Å². The van der Waals surface area contributed by atoms with Crippen LogP contribution in [0.5, 0.6) is 0 Å². The second-order valence-electron chi connectivity index (χ2n) is 3.33. The topological polar surface area (TPSA) is 12.0 Å². The maximum absolute atomic E-state index is 3.15. The summed E-state index contributed by atoms with van der Waals surface area (Å²) >= 11 is 0. The SMILES string of the molecule is CNCC1=CC=CC(C)C(C)=C1.